The van der Waals surface area contributed by atoms with Gasteiger partial charge in [0, 0.05) is 13.2 Å². The lowest BCUT2D eigenvalue weighted by molar-refractivity contribution is 0.0597. The number of amidine groups is 1. The molecule has 0 radical (unpaired) electrons. The predicted octanol–water partition coefficient (Wildman–Crippen LogP) is 0.622. The zero-order valence-electron chi connectivity index (χ0n) is 14.8. The molecule has 1 aromatic carbocycles. The van der Waals surface area contributed by atoms with E-state index in [0.29, 0.717) is 31.7 Å². The van der Waals surface area contributed by atoms with Gasteiger partial charge in [0.25, 0.3) is 0 Å². The molecule has 0 bridgehead atoms. The first kappa shape index (κ1) is 17.4. The van der Waals surface area contributed by atoms with Gasteiger partial charge in [-0.15, -0.1) is 0 Å². The van der Waals surface area contributed by atoms with Gasteiger partial charge in [0.05, 0.1) is 24.8 Å². The molecule has 3 N–H and O–H groups in total. The van der Waals surface area contributed by atoms with Gasteiger partial charge in [0.2, 0.25) is 0 Å². The van der Waals surface area contributed by atoms with E-state index >= 15 is 0 Å². The van der Waals surface area contributed by atoms with Crippen LogP contribution in [0.1, 0.15) is 21.5 Å². The number of carboxylic acids is 1. The van der Waals surface area contributed by atoms with E-state index in [1.165, 1.54) is 0 Å². The number of hydrogen-bond donors (Lipinski definition) is 3. The molecule has 2 aromatic rings. The Morgan fingerprint density at radius 3 is 2.89 bits per heavy atom. The second-order valence-corrected chi connectivity index (χ2v) is 6.74. The third-order valence-corrected chi connectivity index (χ3v) is 4.77. The number of rotatable bonds is 4. The molecule has 3 heterocycles. The van der Waals surface area contributed by atoms with Crippen molar-refractivity contribution in [1.29, 1.82) is 5.41 Å². The summed E-state index contributed by atoms with van der Waals surface area (Å²) in [7, 11) is 0.784. The average Bonchev–Trinajstić information content (AvgIpc) is 3.02. The maximum Gasteiger partial charge on any atom is 0.522 e. The number of aryl methyl sites for hydroxylation is 2. The molecule has 0 saturated carbocycles. The first-order chi connectivity index (χ1) is 12.9. The maximum atomic E-state index is 11.8. The molecule has 27 heavy (non-hydrogen) atoms. The molecule has 10 heteroatoms. The average molecular weight is 370 g/mol. The smallest absolute Gasteiger partial charge is 0.522 e. The first-order valence-corrected chi connectivity index (χ1v) is 8.65. The molecular weight excluding hydrogens is 351 g/mol. The van der Waals surface area contributed by atoms with Crippen LogP contribution in [-0.4, -0.2) is 62.9 Å². The lowest BCUT2D eigenvalue weighted by atomic mass is 9.78. The van der Waals surface area contributed by atoms with E-state index < -0.39 is 13.1 Å². The molecule has 2 aliphatic heterocycles. The van der Waals surface area contributed by atoms with Crippen molar-refractivity contribution in [2.45, 2.75) is 18.8 Å². The molecule has 4 rings (SSSR count). The second kappa shape index (κ2) is 6.62. The highest BCUT2D eigenvalue weighted by Crippen LogP contribution is 2.37. The number of aromatic nitrogens is 2. The van der Waals surface area contributed by atoms with Crippen LogP contribution >= 0.6 is 0 Å². The number of ether oxygens (including phenoxy) is 1. The number of aromatic carboxylic acids is 1. The molecule has 0 aliphatic carbocycles. The van der Waals surface area contributed by atoms with Crippen molar-refractivity contribution in [2.24, 2.45) is 7.05 Å². The Hall–Kier alpha value is -3.01. The Morgan fingerprint density at radius 1 is 1.44 bits per heavy atom. The van der Waals surface area contributed by atoms with Crippen molar-refractivity contribution in [3.05, 3.63) is 41.2 Å². The highest BCUT2D eigenvalue weighted by molar-refractivity contribution is 6.44. The van der Waals surface area contributed by atoms with Crippen LogP contribution in [-0.2, 0) is 13.5 Å². The van der Waals surface area contributed by atoms with Gasteiger partial charge in [-0.3, -0.25) is 10.1 Å². The Labute approximate surface area is 155 Å². The monoisotopic (exact) mass is 370 g/mol. The van der Waals surface area contributed by atoms with E-state index in [9.17, 15) is 14.9 Å². The standard InChI is InChI=1S/C17H19BN4O5/c1-21-7-11(6-20-21)16(19)22-8-12(9-22)26-13-3-2-10-4-5-18(25)27-15(10)14(13)17(23)24/h2-3,6-7,12,19,25H,4-5,8-9H2,1H3,(H,23,24). The summed E-state index contributed by atoms with van der Waals surface area (Å²) in [5.74, 6) is -0.403. The number of hydrogen-bond acceptors (Lipinski definition) is 6. The zero-order chi connectivity index (χ0) is 19.1. The van der Waals surface area contributed by atoms with Gasteiger partial charge in [-0.2, -0.15) is 5.10 Å². The van der Waals surface area contributed by atoms with Crippen LogP contribution in [0.15, 0.2) is 24.5 Å². The van der Waals surface area contributed by atoms with Gasteiger partial charge in [-0.25, -0.2) is 4.79 Å². The van der Waals surface area contributed by atoms with Crippen LogP contribution in [0.2, 0.25) is 6.32 Å². The summed E-state index contributed by atoms with van der Waals surface area (Å²) in [5, 5.41) is 31.6. The van der Waals surface area contributed by atoms with Crippen molar-refractivity contribution in [2.75, 3.05) is 13.1 Å². The molecule has 1 fully saturated rings. The number of likely N-dealkylation sites (tertiary alicyclic amines) is 1. The Balaban J connectivity index is 1.47. The van der Waals surface area contributed by atoms with Gasteiger partial charge in [0.15, 0.2) is 0 Å². The highest BCUT2D eigenvalue weighted by atomic mass is 16.5. The molecule has 1 aromatic heterocycles. The summed E-state index contributed by atoms with van der Waals surface area (Å²) in [6.45, 7) is 0.959. The Morgan fingerprint density at radius 2 is 2.22 bits per heavy atom. The fourth-order valence-corrected chi connectivity index (χ4v) is 3.31. The molecular formula is C17H19BN4O5. The van der Waals surface area contributed by atoms with Crippen LogP contribution in [0.5, 0.6) is 11.5 Å². The van der Waals surface area contributed by atoms with E-state index in [2.05, 4.69) is 5.10 Å². The summed E-state index contributed by atoms with van der Waals surface area (Å²) in [6.07, 6.45) is 4.15. The second-order valence-electron chi connectivity index (χ2n) is 6.74. The summed E-state index contributed by atoms with van der Waals surface area (Å²) in [4.78, 5) is 13.6. The van der Waals surface area contributed by atoms with Crippen LogP contribution in [0.4, 0.5) is 0 Å². The first-order valence-electron chi connectivity index (χ1n) is 8.65. The summed E-state index contributed by atoms with van der Waals surface area (Å²) >= 11 is 0. The Bertz CT molecular complexity index is 909. The minimum Gasteiger partial charge on any atom is -0.535 e. The molecule has 140 valence electrons. The van der Waals surface area contributed by atoms with Gasteiger partial charge >= 0.3 is 13.1 Å². The molecule has 1 saturated heterocycles. The summed E-state index contributed by atoms with van der Waals surface area (Å²) < 4.78 is 12.9. The largest absolute Gasteiger partial charge is 0.535 e. The minimum absolute atomic E-state index is 0.0629. The quantitative estimate of drug-likeness (QED) is 0.410. The van der Waals surface area contributed by atoms with Gasteiger partial charge in [-0.05, 0) is 24.4 Å². The Kier molecular flexibility index (Phi) is 4.27. The fraction of sp³-hybridized carbons (Fsp3) is 0.353. The highest BCUT2D eigenvalue weighted by Gasteiger charge is 2.34. The topological polar surface area (TPSA) is 121 Å². The van der Waals surface area contributed by atoms with Crippen LogP contribution in [0.25, 0.3) is 0 Å². The number of carboxylic acid groups (broad SMARTS) is 1. The molecule has 0 atom stereocenters. The van der Waals surface area contributed by atoms with Gasteiger partial charge in [-0.1, -0.05) is 6.07 Å². The van der Waals surface area contributed by atoms with Gasteiger partial charge in [0.1, 0.15) is 29.0 Å². The van der Waals surface area contributed by atoms with Crippen molar-refractivity contribution in [3.8, 4) is 11.5 Å². The SMILES string of the molecule is Cn1cc(C(=N)N2CC(Oc3ccc4c(c3C(=O)O)OB(O)CC4)C2)cn1. The minimum atomic E-state index is -1.16. The van der Waals surface area contributed by atoms with Crippen LogP contribution in [0, 0.1) is 5.41 Å². The van der Waals surface area contributed by atoms with Crippen molar-refractivity contribution >= 4 is 18.9 Å². The van der Waals surface area contributed by atoms with E-state index in [1.54, 1.807) is 36.3 Å². The van der Waals surface area contributed by atoms with E-state index in [1.807, 2.05) is 4.90 Å². The van der Waals surface area contributed by atoms with Crippen molar-refractivity contribution < 1.29 is 24.3 Å². The van der Waals surface area contributed by atoms with Crippen molar-refractivity contribution in [3.63, 3.8) is 0 Å². The van der Waals surface area contributed by atoms with Crippen LogP contribution < -0.4 is 9.39 Å². The number of nitrogens with one attached hydrogen (secondary N) is 1. The zero-order valence-corrected chi connectivity index (χ0v) is 14.8. The van der Waals surface area contributed by atoms with E-state index in [-0.39, 0.29) is 23.2 Å². The molecule has 0 spiro atoms. The van der Waals surface area contributed by atoms with Gasteiger partial charge < -0.3 is 24.4 Å². The normalized spacial score (nSPS) is 16.4. The summed E-state index contributed by atoms with van der Waals surface area (Å²) in [5.41, 5.74) is 1.41. The lowest BCUT2D eigenvalue weighted by Crippen LogP contribution is -2.56. The van der Waals surface area contributed by atoms with E-state index in [4.69, 9.17) is 14.8 Å². The molecule has 0 unspecified atom stereocenters. The summed E-state index contributed by atoms with van der Waals surface area (Å²) in [6, 6.07) is 3.41. The molecule has 9 nitrogen and oxygen atoms in total. The molecule has 2 aliphatic rings. The number of nitrogens with zero attached hydrogens (tertiary/aromatic N) is 3. The number of benzene rings is 1. The van der Waals surface area contributed by atoms with Crippen molar-refractivity contribution in [1.82, 2.24) is 14.7 Å². The van der Waals surface area contributed by atoms with E-state index in [0.717, 1.165) is 11.1 Å². The van der Waals surface area contributed by atoms with Crippen LogP contribution in [0.3, 0.4) is 0 Å². The third-order valence-electron chi connectivity index (χ3n) is 4.77. The molecule has 0 amide bonds. The number of carbonyl (C=O) groups is 1. The fourth-order valence-electron chi connectivity index (χ4n) is 3.31. The maximum absolute atomic E-state index is 11.8. The lowest BCUT2D eigenvalue weighted by Gasteiger charge is -2.40. The third kappa shape index (κ3) is 3.23. The predicted molar refractivity (Wildman–Crippen MR) is 96.5 cm³/mol. The number of fused-ring (bicyclic) bond motifs is 1.